The van der Waals surface area contributed by atoms with Crippen molar-refractivity contribution in [1.29, 1.82) is 0 Å². The van der Waals surface area contributed by atoms with Gasteiger partial charge in [-0.2, -0.15) is 0 Å². The number of hydrogen-bond donors (Lipinski definition) is 1. The number of nitrogens with zero attached hydrogens (tertiary/aromatic N) is 6. The summed E-state index contributed by atoms with van der Waals surface area (Å²) in [7, 11) is 0. The lowest BCUT2D eigenvalue weighted by Gasteiger charge is -2.17. The Morgan fingerprint density at radius 2 is 2.20 bits per heavy atom. The molecule has 0 saturated carbocycles. The van der Waals surface area contributed by atoms with Crippen LogP contribution in [0.25, 0.3) is 11.0 Å². The van der Waals surface area contributed by atoms with Crippen LogP contribution in [-0.2, 0) is 6.54 Å². The first-order chi connectivity index (χ1) is 12.2. The maximum Gasteiger partial charge on any atom is 0.270 e. The van der Waals surface area contributed by atoms with Gasteiger partial charge in [0.1, 0.15) is 24.3 Å². The summed E-state index contributed by atoms with van der Waals surface area (Å²) in [5.41, 5.74) is 7.71. The summed E-state index contributed by atoms with van der Waals surface area (Å²) in [6, 6.07) is 1.92. The zero-order valence-corrected chi connectivity index (χ0v) is 13.7. The number of amides is 1. The molecule has 0 radical (unpaired) electrons. The number of carbonyl (C=O) groups is 1. The van der Waals surface area contributed by atoms with E-state index in [4.69, 9.17) is 10.5 Å². The Morgan fingerprint density at radius 1 is 1.32 bits per heavy atom. The lowest BCUT2D eigenvalue weighted by atomic mass is 10.2. The van der Waals surface area contributed by atoms with E-state index in [0.29, 0.717) is 12.5 Å². The number of aromatic nitrogens is 5. The largest absolute Gasteiger partial charge is 0.475 e. The van der Waals surface area contributed by atoms with E-state index in [1.807, 2.05) is 12.3 Å². The van der Waals surface area contributed by atoms with Gasteiger partial charge in [0.15, 0.2) is 0 Å². The Balaban J connectivity index is 1.75. The summed E-state index contributed by atoms with van der Waals surface area (Å²) in [6.45, 7) is 3.58. The second-order valence-corrected chi connectivity index (χ2v) is 5.69. The van der Waals surface area contributed by atoms with Gasteiger partial charge in [-0.15, -0.1) is 0 Å². The molecule has 9 nitrogen and oxygen atoms in total. The fourth-order valence-electron chi connectivity index (χ4n) is 2.88. The highest BCUT2D eigenvalue weighted by atomic mass is 16.5. The molecule has 0 unspecified atom stereocenters. The molecule has 0 spiro atoms. The number of nitrogen functional groups attached to an aromatic ring is 1. The molecule has 0 aliphatic carbocycles. The van der Waals surface area contributed by atoms with Crippen LogP contribution in [-0.4, -0.2) is 43.6 Å². The van der Waals surface area contributed by atoms with Crippen LogP contribution in [0.4, 0.5) is 11.8 Å². The van der Waals surface area contributed by atoms with Crippen LogP contribution in [0.15, 0.2) is 24.8 Å². The molecule has 0 atom stereocenters. The van der Waals surface area contributed by atoms with Crippen molar-refractivity contribution in [2.75, 3.05) is 23.8 Å². The van der Waals surface area contributed by atoms with E-state index in [9.17, 15) is 4.79 Å². The van der Waals surface area contributed by atoms with Gasteiger partial charge in [-0.3, -0.25) is 9.69 Å². The van der Waals surface area contributed by atoms with Gasteiger partial charge in [0.05, 0.1) is 23.8 Å². The van der Waals surface area contributed by atoms with E-state index in [0.717, 1.165) is 24.0 Å². The van der Waals surface area contributed by atoms with Gasteiger partial charge in [-0.1, -0.05) is 6.92 Å². The molecule has 1 amide bonds. The average molecular weight is 339 g/mol. The highest BCUT2D eigenvalue weighted by Crippen LogP contribution is 2.26. The van der Waals surface area contributed by atoms with E-state index < -0.39 is 0 Å². The lowest BCUT2D eigenvalue weighted by molar-refractivity contribution is 0.0988. The summed E-state index contributed by atoms with van der Waals surface area (Å²) in [6.07, 6.45) is 6.00. The van der Waals surface area contributed by atoms with Crippen LogP contribution >= 0.6 is 0 Å². The molecule has 25 heavy (non-hydrogen) atoms. The van der Waals surface area contributed by atoms with Crippen molar-refractivity contribution >= 4 is 28.7 Å². The Kier molecular flexibility index (Phi) is 3.68. The number of aryl methyl sites for hydroxylation is 1. The van der Waals surface area contributed by atoms with Gasteiger partial charge >= 0.3 is 0 Å². The van der Waals surface area contributed by atoms with Crippen LogP contribution in [0.2, 0.25) is 0 Å². The number of rotatable bonds is 3. The van der Waals surface area contributed by atoms with E-state index in [-0.39, 0.29) is 29.8 Å². The fraction of sp³-hybridized carbons (Fsp3) is 0.312. The third-order valence-corrected chi connectivity index (χ3v) is 4.07. The van der Waals surface area contributed by atoms with E-state index in [2.05, 4.69) is 31.4 Å². The number of ether oxygens (including phenoxy) is 1. The average Bonchev–Trinajstić information content (AvgIpc) is 2.92. The molecule has 0 bridgehead atoms. The standard InChI is InChI=1S/C16H17N7O2/c1-2-4-22-5-3-10-11(22)8-18-16(21-10)23-6-7-25-14-12(15(23)24)13(17)19-9-20-14/h3,5,8-9H,2,4,6-7H2,1H3,(H2,17,19,20). The van der Waals surface area contributed by atoms with Crippen LogP contribution < -0.4 is 15.4 Å². The van der Waals surface area contributed by atoms with E-state index in [1.54, 1.807) is 6.20 Å². The fourth-order valence-corrected chi connectivity index (χ4v) is 2.88. The zero-order chi connectivity index (χ0) is 17.4. The quantitative estimate of drug-likeness (QED) is 0.764. The van der Waals surface area contributed by atoms with Crippen molar-refractivity contribution in [3.05, 3.63) is 30.4 Å². The molecule has 128 valence electrons. The zero-order valence-electron chi connectivity index (χ0n) is 13.7. The second kappa shape index (κ2) is 6.00. The van der Waals surface area contributed by atoms with Gasteiger partial charge in [0.2, 0.25) is 11.8 Å². The Labute approximate surface area is 143 Å². The number of carbonyl (C=O) groups excluding carboxylic acids is 1. The molecule has 9 heteroatoms. The first-order valence-electron chi connectivity index (χ1n) is 8.06. The molecular formula is C16H17N7O2. The summed E-state index contributed by atoms with van der Waals surface area (Å²) >= 11 is 0. The number of anilines is 2. The van der Waals surface area contributed by atoms with E-state index >= 15 is 0 Å². The minimum Gasteiger partial charge on any atom is -0.475 e. The molecule has 0 aromatic carbocycles. The van der Waals surface area contributed by atoms with Gasteiger partial charge in [-0.25, -0.2) is 19.9 Å². The molecule has 3 aromatic rings. The second-order valence-electron chi connectivity index (χ2n) is 5.69. The van der Waals surface area contributed by atoms with Crippen molar-refractivity contribution in [1.82, 2.24) is 24.5 Å². The molecule has 0 fully saturated rings. The molecule has 4 heterocycles. The van der Waals surface area contributed by atoms with Crippen molar-refractivity contribution in [2.45, 2.75) is 19.9 Å². The molecule has 3 aromatic heterocycles. The Bertz CT molecular complexity index is 953. The smallest absolute Gasteiger partial charge is 0.270 e. The molecule has 1 aliphatic heterocycles. The van der Waals surface area contributed by atoms with Crippen molar-refractivity contribution in [3.8, 4) is 5.88 Å². The normalized spacial score (nSPS) is 14.3. The molecule has 1 aliphatic rings. The maximum atomic E-state index is 12.9. The minimum atomic E-state index is -0.363. The first kappa shape index (κ1) is 15.3. The summed E-state index contributed by atoms with van der Waals surface area (Å²) in [5.74, 6) is 0.219. The molecular weight excluding hydrogens is 322 g/mol. The van der Waals surface area contributed by atoms with E-state index in [1.165, 1.54) is 11.2 Å². The third-order valence-electron chi connectivity index (χ3n) is 4.07. The number of hydrogen-bond acceptors (Lipinski definition) is 7. The highest BCUT2D eigenvalue weighted by molar-refractivity contribution is 6.10. The molecule has 4 rings (SSSR count). The maximum absolute atomic E-state index is 12.9. The van der Waals surface area contributed by atoms with Crippen molar-refractivity contribution < 1.29 is 9.53 Å². The van der Waals surface area contributed by atoms with Crippen molar-refractivity contribution in [3.63, 3.8) is 0 Å². The number of nitrogens with two attached hydrogens (primary N) is 1. The Morgan fingerprint density at radius 3 is 3.04 bits per heavy atom. The van der Waals surface area contributed by atoms with Gasteiger partial charge in [-0.05, 0) is 12.5 Å². The first-order valence-corrected chi connectivity index (χ1v) is 8.06. The van der Waals surface area contributed by atoms with Crippen LogP contribution in [0.3, 0.4) is 0 Å². The predicted molar refractivity (Wildman–Crippen MR) is 91.4 cm³/mol. The SMILES string of the molecule is CCCn1ccc2nc(N3CCOc4ncnc(N)c4C3=O)ncc21. The van der Waals surface area contributed by atoms with Gasteiger partial charge < -0.3 is 15.0 Å². The number of fused-ring (bicyclic) bond motifs is 2. The minimum absolute atomic E-state index is 0.0806. The van der Waals surface area contributed by atoms with Crippen LogP contribution in [0.1, 0.15) is 23.7 Å². The summed E-state index contributed by atoms with van der Waals surface area (Å²) in [4.78, 5) is 31.1. The van der Waals surface area contributed by atoms with Crippen molar-refractivity contribution in [2.24, 2.45) is 0 Å². The van der Waals surface area contributed by atoms with Crippen LogP contribution in [0, 0.1) is 0 Å². The topological polar surface area (TPSA) is 112 Å². The monoisotopic (exact) mass is 339 g/mol. The van der Waals surface area contributed by atoms with Gasteiger partial charge in [0.25, 0.3) is 5.91 Å². The molecule has 2 N–H and O–H groups in total. The lowest BCUT2D eigenvalue weighted by Crippen LogP contribution is -2.34. The third kappa shape index (κ3) is 2.53. The highest BCUT2D eigenvalue weighted by Gasteiger charge is 2.30. The molecule has 0 saturated heterocycles. The summed E-state index contributed by atoms with van der Waals surface area (Å²) in [5, 5.41) is 0. The Hall–Kier alpha value is -3.23. The van der Waals surface area contributed by atoms with Gasteiger partial charge in [0, 0.05) is 12.7 Å². The predicted octanol–water partition coefficient (Wildman–Crippen LogP) is 1.25. The van der Waals surface area contributed by atoms with Crippen LogP contribution in [0.5, 0.6) is 5.88 Å². The summed E-state index contributed by atoms with van der Waals surface area (Å²) < 4.78 is 7.61.